The number of fused-ring (bicyclic) bond motifs is 1. The van der Waals surface area contributed by atoms with Gasteiger partial charge in [0.15, 0.2) is 5.01 Å². The van der Waals surface area contributed by atoms with Crippen molar-refractivity contribution in [2.45, 2.75) is 18.4 Å². The predicted octanol–water partition coefficient (Wildman–Crippen LogP) is 4.86. The third kappa shape index (κ3) is 2.65. The highest BCUT2D eigenvalue weighted by Gasteiger charge is 2.14. The molecule has 0 radical (unpaired) electrons. The van der Waals surface area contributed by atoms with Gasteiger partial charge in [-0.25, -0.2) is 13.8 Å². The number of H-pyrrole nitrogens is 1. The van der Waals surface area contributed by atoms with Crippen LogP contribution in [0.1, 0.15) is 22.6 Å². The van der Waals surface area contributed by atoms with Gasteiger partial charge in [-0.05, 0) is 18.6 Å². The number of aromatic amines is 1. The molecule has 3 rings (SSSR count). The highest BCUT2D eigenvalue weighted by atomic mass is 32.2. The molecule has 0 aliphatic rings. The summed E-state index contributed by atoms with van der Waals surface area (Å²) in [6.07, 6.45) is -0.891. The van der Waals surface area contributed by atoms with Gasteiger partial charge in [-0.15, -0.1) is 11.3 Å². The standard InChI is InChI=1S/C14H10F2N4S2/c1-7-2-3-9(12-11(7)8(4-17)5-18-12)20-22-10-6-21-14(19-10)13(15)16/h2-3,5-6,13,18,20H,1H3. The predicted molar refractivity (Wildman–Crippen MR) is 84.3 cm³/mol. The van der Waals surface area contributed by atoms with E-state index in [4.69, 9.17) is 5.26 Å². The first-order chi connectivity index (χ1) is 10.6. The molecule has 0 saturated heterocycles. The Kier molecular flexibility index (Phi) is 4.00. The van der Waals surface area contributed by atoms with Crippen molar-refractivity contribution < 1.29 is 8.78 Å². The molecule has 0 unspecified atom stereocenters. The van der Waals surface area contributed by atoms with Crippen LogP contribution in [0, 0.1) is 18.3 Å². The van der Waals surface area contributed by atoms with Gasteiger partial charge in [0.25, 0.3) is 6.43 Å². The Morgan fingerprint density at radius 2 is 2.27 bits per heavy atom. The summed E-state index contributed by atoms with van der Waals surface area (Å²) in [6.45, 7) is 1.93. The summed E-state index contributed by atoms with van der Waals surface area (Å²) < 4.78 is 28.1. The van der Waals surface area contributed by atoms with Crippen molar-refractivity contribution in [1.82, 2.24) is 9.97 Å². The van der Waals surface area contributed by atoms with Crippen molar-refractivity contribution in [3.8, 4) is 6.07 Å². The molecule has 0 fully saturated rings. The summed E-state index contributed by atoms with van der Waals surface area (Å²) in [6, 6.07) is 5.93. The summed E-state index contributed by atoms with van der Waals surface area (Å²) in [7, 11) is 0. The Labute approximate surface area is 133 Å². The van der Waals surface area contributed by atoms with Gasteiger partial charge in [-0.2, -0.15) is 5.26 Å². The molecule has 4 nitrogen and oxygen atoms in total. The minimum atomic E-state index is -2.55. The normalized spacial score (nSPS) is 11.0. The number of alkyl halides is 2. The van der Waals surface area contributed by atoms with E-state index < -0.39 is 6.43 Å². The summed E-state index contributed by atoms with van der Waals surface area (Å²) in [5.41, 5.74) is 3.17. The molecule has 8 heteroatoms. The van der Waals surface area contributed by atoms with Crippen LogP contribution >= 0.6 is 23.3 Å². The number of hydrogen-bond acceptors (Lipinski definition) is 5. The maximum atomic E-state index is 12.5. The Balaban J connectivity index is 1.86. The van der Waals surface area contributed by atoms with Crippen molar-refractivity contribution in [1.29, 1.82) is 5.26 Å². The molecular formula is C14H10F2N4S2. The molecule has 0 spiro atoms. The Hall–Kier alpha value is -2.11. The van der Waals surface area contributed by atoms with Crippen LogP contribution < -0.4 is 4.72 Å². The lowest BCUT2D eigenvalue weighted by Gasteiger charge is -2.07. The minimum Gasteiger partial charge on any atom is -0.358 e. The van der Waals surface area contributed by atoms with Gasteiger partial charge in [-0.3, -0.25) is 0 Å². The van der Waals surface area contributed by atoms with E-state index in [0.29, 0.717) is 10.6 Å². The average molecular weight is 336 g/mol. The molecule has 0 atom stereocenters. The minimum absolute atomic E-state index is 0.190. The molecule has 0 aliphatic heterocycles. The van der Waals surface area contributed by atoms with Crippen molar-refractivity contribution in [2.75, 3.05) is 4.72 Å². The highest BCUT2D eigenvalue weighted by Crippen LogP contribution is 2.32. The number of halogens is 2. The zero-order valence-electron chi connectivity index (χ0n) is 11.4. The molecule has 112 valence electrons. The summed E-state index contributed by atoms with van der Waals surface area (Å²) in [4.78, 5) is 6.92. The number of nitrogens with zero attached hydrogens (tertiary/aromatic N) is 2. The largest absolute Gasteiger partial charge is 0.358 e. The second-order valence-corrected chi connectivity index (χ2v) is 6.24. The number of aryl methyl sites for hydroxylation is 1. The van der Waals surface area contributed by atoms with Crippen LogP contribution in [0.3, 0.4) is 0 Å². The highest BCUT2D eigenvalue weighted by molar-refractivity contribution is 8.00. The van der Waals surface area contributed by atoms with Gasteiger partial charge in [-0.1, -0.05) is 6.07 Å². The Morgan fingerprint density at radius 3 is 2.95 bits per heavy atom. The van der Waals surface area contributed by atoms with Crippen LogP contribution in [-0.4, -0.2) is 9.97 Å². The first kappa shape index (κ1) is 14.8. The third-order valence-electron chi connectivity index (χ3n) is 3.12. The molecule has 1 aromatic carbocycles. The van der Waals surface area contributed by atoms with E-state index in [9.17, 15) is 8.78 Å². The SMILES string of the molecule is Cc1ccc(NSc2csc(C(F)F)n2)c2[nH]cc(C#N)c12. The first-order valence-electron chi connectivity index (χ1n) is 6.27. The Bertz CT molecular complexity index is 863. The van der Waals surface area contributed by atoms with Crippen molar-refractivity contribution in [2.24, 2.45) is 0 Å². The number of thiazole rings is 1. The molecule has 2 heterocycles. The van der Waals surface area contributed by atoms with Crippen LogP contribution in [0.5, 0.6) is 0 Å². The van der Waals surface area contributed by atoms with Gasteiger partial charge in [0, 0.05) is 28.9 Å². The van der Waals surface area contributed by atoms with Crippen molar-refractivity contribution in [3.05, 3.63) is 39.8 Å². The van der Waals surface area contributed by atoms with Crippen LogP contribution in [0.25, 0.3) is 10.9 Å². The van der Waals surface area contributed by atoms with E-state index in [0.717, 1.165) is 45.4 Å². The van der Waals surface area contributed by atoms with E-state index in [1.165, 1.54) is 0 Å². The molecule has 3 aromatic rings. The zero-order valence-corrected chi connectivity index (χ0v) is 13.0. The number of hydrogen-bond donors (Lipinski definition) is 2. The number of anilines is 1. The Morgan fingerprint density at radius 1 is 1.45 bits per heavy atom. The quantitative estimate of drug-likeness (QED) is 0.668. The van der Waals surface area contributed by atoms with E-state index in [1.807, 2.05) is 19.1 Å². The second-order valence-electron chi connectivity index (χ2n) is 4.52. The van der Waals surface area contributed by atoms with E-state index in [2.05, 4.69) is 20.8 Å². The molecule has 0 aliphatic carbocycles. The second kappa shape index (κ2) is 5.94. The zero-order chi connectivity index (χ0) is 15.7. The first-order valence-corrected chi connectivity index (χ1v) is 7.97. The summed E-state index contributed by atoms with van der Waals surface area (Å²) in [5.74, 6) is 0. The molecule has 0 saturated carbocycles. The van der Waals surface area contributed by atoms with Gasteiger partial charge >= 0.3 is 0 Å². The van der Waals surface area contributed by atoms with E-state index in [-0.39, 0.29) is 5.01 Å². The van der Waals surface area contributed by atoms with E-state index >= 15 is 0 Å². The van der Waals surface area contributed by atoms with Gasteiger partial charge < -0.3 is 9.71 Å². The molecule has 0 bridgehead atoms. The van der Waals surface area contributed by atoms with Gasteiger partial charge in [0.2, 0.25) is 0 Å². The van der Waals surface area contributed by atoms with Crippen LogP contribution in [0.4, 0.5) is 14.5 Å². The van der Waals surface area contributed by atoms with Crippen LogP contribution in [0.15, 0.2) is 28.7 Å². The summed E-state index contributed by atoms with van der Waals surface area (Å²) >= 11 is 2.10. The molecule has 0 amide bonds. The molecular weight excluding hydrogens is 326 g/mol. The molecule has 2 N–H and O–H groups in total. The maximum Gasteiger partial charge on any atom is 0.289 e. The fourth-order valence-electron chi connectivity index (χ4n) is 2.12. The fraction of sp³-hybridized carbons (Fsp3) is 0.143. The van der Waals surface area contributed by atoms with Crippen molar-refractivity contribution >= 4 is 39.9 Å². The lowest BCUT2D eigenvalue weighted by molar-refractivity contribution is 0.150. The van der Waals surface area contributed by atoms with Gasteiger partial charge in [0.05, 0.1) is 16.8 Å². The van der Waals surface area contributed by atoms with Crippen LogP contribution in [-0.2, 0) is 0 Å². The summed E-state index contributed by atoms with van der Waals surface area (Å²) in [5, 5.41) is 11.9. The number of rotatable bonds is 4. The maximum absolute atomic E-state index is 12.5. The fourth-order valence-corrected chi connectivity index (χ4v) is 3.57. The molecule has 22 heavy (non-hydrogen) atoms. The van der Waals surface area contributed by atoms with Crippen LogP contribution in [0.2, 0.25) is 0 Å². The topological polar surface area (TPSA) is 64.5 Å². The monoisotopic (exact) mass is 336 g/mol. The number of aromatic nitrogens is 2. The van der Waals surface area contributed by atoms with Gasteiger partial charge in [0.1, 0.15) is 11.1 Å². The molecule has 2 aromatic heterocycles. The number of benzene rings is 1. The van der Waals surface area contributed by atoms with E-state index in [1.54, 1.807) is 11.6 Å². The number of nitrogens with one attached hydrogen (secondary N) is 2. The third-order valence-corrected chi connectivity index (χ3v) is 4.86. The average Bonchev–Trinajstić information content (AvgIpc) is 3.13. The number of nitriles is 1. The van der Waals surface area contributed by atoms with Crippen molar-refractivity contribution in [3.63, 3.8) is 0 Å². The smallest absolute Gasteiger partial charge is 0.289 e. The lowest BCUT2D eigenvalue weighted by Crippen LogP contribution is -1.90. The lowest BCUT2D eigenvalue weighted by atomic mass is 10.1.